The Labute approximate surface area is 120 Å². The van der Waals surface area contributed by atoms with Gasteiger partial charge in [0.05, 0.1) is 12.2 Å². The van der Waals surface area contributed by atoms with Crippen LogP contribution >= 0.6 is 7.60 Å². The molecule has 0 aliphatic heterocycles. The van der Waals surface area contributed by atoms with E-state index in [4.69, 9.17) is 9.05 Å². The van der Waals surface area contributed by atoms with Gasteiger partial charge in [-0.2, -0.15) is 0 Å². The largest absolute Gasteiger partial charge is 0.331 e. The Morgan fingerprint density at radius 1 is 0.842 bits per heavy atom. The molecule has 0 aliphatic rings. The Morgan fingerprint density at radius 2 is 1.26 bits per heavy atom. The van der Waals surface area contributed by atoms with E-state index in [1.54, 1.807) is 0 Å². The summed E-state index contributed by atoms with van der Waals surface area (Å²) in [5, 5.41) is 0. The Hall–Kier alpha value is 0.150. The SMILES string of the molecule is CCCCC(C)OP(=O)(CCC)OC(C)CCCC. The van der Waals surface area contributed by atoms with Crippen molar-refractivity contribution < 1.29 is 13.6 Å². The average Bonchev–Trinajstić information content (AvgIpc) is 2.33. The van der Waals surface area contributed by atoms with Crippen molar-refractivity contribution in [2.45, 2.75) is 91.8 Å². The van der Waals surface area contributed by atoms with Crippen molar-refractivity contribution in [1.29, 1.82) is 0 Å². The summed E-state index contributed by atoms with van der Waals surface area (Å²) in [7, 11) is -2.91. The Kier molecular flexibility index (Phi) is 11.0. The summed E-state index contributed by atoms with van der Waals surface area (Å²) < 4.78 is 24.2. The molecule has 0 bridgehead atoms. The molecule has 0 saturated heterocycles. The summed E-state index contributed by atoms with van der Waals surface area (Å²) >= 11 is 0. The van der Waals surface area contributed by atoms with E-state index in [1.165, 1.54) is 0 Å². The minimum atomic E-state index is -2.91. The van der Waals surface area contributed by atoms with Crippen LogP contribution in [-0.4, -0.2) is 18.4 Å². The molecule has 0 aliphatic carbocycles. The van der Waals surface area contributed by atoms with Gasteiger partial charge in [0.25, 0.3) is 0 Å². The van der Waals surface area contributed by atoms with E-state index in [0.717, 1.165) is 44.9 Å². The molecular formula is C15H33O3P. The average molecular weight is 292 g/mol. The van der Waals surface area contributed by atoms with Crippen LogP contribution in [0.5, 0.6) is 0 Å². The molecule has 0 aromatic rings. The van der Waals surface area contributed by atoms with Crippen molar-refractivity contribution in [2.75, 3.05) is 6.16 Å². The lowest BCUT2D eigenvalue weighted by molar-refractivity contribution is 0.117. The van der Waals surface area contributed by atoms with Gasteiger partial charge in [-0.25, -0.2) is 0 Å². The zero-order chi connectivity index (χ0) is 14.7. The standard InChI is InChI=1S/C15H33O3P/c1-6-9-11-14(4)17-19(16,13-8-3)18-15(5)12-10-7-2/h14-15H,6-13H2,1-5H3. The summed E-state index contributed by atoms with van der Waals surface area (Å²) in [4.78, 5) is 0. The highest BCUT2D eigenvalue weighted by Crippen LogP contribution is 2.51. The summed E-state index contributed by atoms with van der Waals surface area (Å²) in [6.45, 7) is 10.3. The first-order valence-electron chi connectivity index (χ1n) is 7.93. The lowest BCUT2D eigenvalue weighted by Crippen LogP contribution is -2.14. The first-order valence-corrected chi connectivity index (χ1v) is 9.66. The molecule has 19 heavy (non-hydrogen) atoms. The van der Waals surface area contributed by atoms with Gasteiger partial charge < -0.3 is 9.05 Å². The molecule has 0 aromatic heterocycles. The van der Waals surface area contributed by atoms with Gasteiger partial charge in [0, 0.05) is 6.16 Å². The van der Waals surface area contributed by atoms with E-state index >= 15 is 0 Å². The van der Waals surface area contributed by atoms with E-state index < -0.39 is 7.60 Å². The van der Waals surface area contributed by atoms with Gasteiger partial charge >= 0.3 is 7.60 Å². The fourth-order valence-corrected chi connectivity index (χ4v) is 4.16. The highest BCUT2D eigenvalue weighted by molar-refractivity contribution is 7.53. The van der Waals surface area contributed by atoms with Crippen molar-refractivity contribution in [1.82, 2.24) is 0 Å². The van der Waals surface area contributed by atoms with Crippen molar-refractivity contribution >= 4 is 7.60 Å². The van der Waals surface area contributed by atoms with Gasteiger partial charge in [0.15, 0.2) is 0 Å². The Morgan fingerprint density at radius 3 is 1.58 bits per heavy atom. The van der Waals surface area contributed by atoms with E-state index in [0.29, 0.717) is 6.16 Å². The molecule has 0 fully saturated rings. The fourth-order valence-electron chi connectivity index (χ4n) is 2.04. The molecule has 4 heteroatoms. The van der Waals surface area contributed by atoms with Crippen LogP contribution in [0.4, 0.5) is 0 Å². The quantitative estimate of drug-likeness (QED) is 0.428. The number of hydrogen-bond donors (Lipinski definition) is 0. The first kappa shape index (κ1) is 19.1. The predicted octanol–water partition coefficient (Wildman–Crippen LogP) is 5.78. The Balaban J connectivity index is 4.35. The van der Waals surface area contributed by atoms with Crippen LogP contribution in [0, 0.1) is 0 Å². The maximum absolute atomic E-state index is 12.7. The van der Waals surface area contributed by atoms with Crippen molar-refractivity contribution in [2.24, 2.45) is 0 Å². The molecule has 0 aromatic carbocycles. The molecule has 3 nitrogen and oxygen atoms in total. The maximum atomic E-state index is 12.7. The van der Waals surface area contributed by atoms with Gasteiger partial charge in [-0.3, -0.25) is 4.57 Å². The van der Waals surface area contributed by atoms with Crippen LogP contribution in [0.1, 0.15) is 79.6 Å². The van der Waals surface area contributed by atoms with Crippen LogP contribution in [-0.2, 0) is 13.6 Å². The van der Waals surface area contributed by atoms with Crippen molar-refractivity contribution in [3.05, 3.63) is 0 Å². The summed E-state index contributed by atoms with van der Waals surface area (Å²) in [5.74, 6) is 0. The lowest BCUT2D eigenvalue weighted by Gasteiger charge is -2.25. The second-order valence-corrected chi connectivity index (χ2v) is 7.54. The van der Waals surface area contributed by atoms with E-state index in [1.807, 2.05) is 20.8 Å². The number of rotatable bonds is 12. The zero-order valence-electron chi connectivity index (χ0n) is 13.5. The van der Waals surface area contributed by atoms with Crippen LogP contribution in [0.15, 0.2) is 0 Å². The summed E-state index contributed by atoms with van der Waals surface area (Å²) in [5.41, 5.74) is 0. The molecule has 0 N–H and O–H groups in total. The Bertz CT molecular complexity index is 236. The minimum Gasteiger partial charge on any atom is -0.306 e. The third-order valence-corrected chi connectivity index (χ3v) is 5.46. The summed E-state index contributed by atoms with van der Waals surface area (Å²) in [6, 6.07) is 0. The number of unbranched alkanes of at least 4 members (excludes halogenated alkanes) is 2. The first-order chi connectivity index (χ1) is 8.97. The van der Waals surface area contributed by atoms with Gasteiger partial charge in [0.1, 0.15) is 0 Å². The maximum Gasteiger partial charge on any atom is 0.331 e. The van der Waals surface area contributed by atoms with Gasteiger partial charge in [0.2, 0.25) is 0 Å². The third-order valence-electron chi connectivity index (χ3n) is 3.11. The minimum absolute atomic E-state index is 0.0238. The highest BCUT2D eigenvalue weighted by atomic mass is 31.2. The second-order valence-electron chi connectivity index (χ2n) is 5.45. The monoisotopic (exact) mass is 292 g/mol. The van der Waals surface area contributed by atoms with Crippen molar-refractivity contribution in [3.63, 3.8) is 0 Å². The molecule has 0 heterocycles. The smallest absolute Gasteiger partial charge is 0.306 e. The molecule has 2 atom stereocenters. The fraction of sp³-hybridized carbons (Fsp3) is 1.00. The van der Waals surface area contributed by atoms with Crippen molar-refractivity contribution in [3.8, 4) is 0 Å². The second kappa shape index (κ2) is 10.9. The number of hydrogen-bond acceptors (Lipinski definition) is 3. The van der Waals surface area contributed by atoms with Crippen LogP contribution in [0.25, 0.3) is 0 Å². The van der Waals surface area contributed by atoms with Crippen LogP contribution in [0.3, 0.4) is 0 Å². The molecule has 0 amide bonds. The lowest BCUT2D eigenvalue weighted by atomic mass is 10.2. The van der Waals surface area contributed by atoms with E-state index in [2.05, 4.69) is 13.8 Å². The van der Waals surface area contributed by atoms with Gasteiger partial charge in [-0.15, -0.1) is 0 Å². The van der Waals surface area contributed by atoms with Crippen LogP contribution < -0.4 is 0 Å². The molecule has 116 valence electrons. The van der Waals surface area contributed by atoms with Gasteiger partial charge in [-0.05, 0) is 33.1 Å². The molecule has 2 unspecified atom stereocenters. The van der Waals surface area contributed by atoms with Gasteiger partial charge in [-0.1, -0.05) is 46.5 Å². The molecule has 0 radical (unpaired) electrons. The predicted molar refractivity (Wildman–Crippen MR) is 82.9 cm³/mol. The zero-order valence-corrected chi connectivity index (χ0v) is 14.4. The topological polar surface area (TPSA) is 35.5 Å². The molecular weight excluding hydrogens is 259 g/mol. The van der Waals surface area contributed by atoms with E-state index in [9.17, 15) is 4.57 Å². The summed E-state index contributed by atoms with van der Waals surface area (Å²) in [6.07, 6.45) is 7.81. The van der Waals surface area contributed by atoms with E-state index in [-0.39, 0.29) is 12.2 Å². The highest BCUT2D eigenvalue weighted by Gasteiger charge is 2.28. The van der Waals surface area contributed by atoms with Crippen LogP contribution in [0.2, 0.25) is 0 Å². The molecule has 0 saturated carbocycles. The third kappa shape index (κ3) is 9.65. The molecule has 0 spiro atoms. The molecule has 0 rings (SSSR count). The normalized spacial score (nSPS) is 17.9.